The second-order valence-electron chi connectivity index (χ2n) is 3.55. The fourth-order valence-electron chi connectivity index (χ4n) is 1.40. The van der Waals surface area contributed by atoms with Gasteiger partial charge in [0, 0.05) is 5.02 Å². The van der Waals surface area contributed by atoms with E-state index in [1.165, 1.54) is 24.3 Å². The van der Waals surface area contributed by atoms with Crippen molar-refractivity contribution in [2.75, 3.05) is 5.73 Å². The monoisotopic (exact) mass is 297 g/mol. The number of rotatable bonds is 3. The van der Waals surface area contributed by atoms with Crippen LogP contribution in [0, 0.1) is 11.3 Å². The van der Waals surface area contributed by atoms with Crippen LogP contribution >= 0.6 is 11.6 Å². The van der Waals surface area contributed by atoms with Gasteiger partial charge in [0.05, 0.1) is 11.0 Å². The fraction of sp³-hybridized carbons (Fsp3) is 0.100. The summed E-state index contributed by atoms with van der Waals surface area (Å²) in [5, 5.41) is 15.6. The van der Waals surface area contributed by atoms with E-state index in [0.29, 0.717) is 5.02 Å². The maximum atomic E-state index is 12.3. The Morgan fingerprint density at radius 3 is 2.58 bits per heavy atom. The van der Waals surface area contributed by atoms with Gasteiger partial charge in [0.2, 0.25) is 14.9 Å². The summed E-state index contributed by atoms with van der Waals surface area (Å²) in [6.07, 6.45) is 0. The number of nitriles is 1. The maximum Gasteiger partial charge on any atom is 0.229 e. The SMILES string of the molecule is N#CCn1nnc(S(=O)(=O)c2ccc(Cl)cc2)c1N. The van der Waals surface area contributed by atoms with Crippen LogP contribution < -0.4 is 5.73 Å². The van der Waals surface area contributed by atoms with Gasteiger partial charge in [-0.05, 0) is 24.3 Å². The zero-order valence-electron chi connectivity index (χ0n) is 9.49. The van der Waals surface area contributed by atoms with Crippen molar-refractivity contribution in [2.45, 2.75) is 16.5 Å². The molecule has 0 saturated heterocycles. The number of hydrogen-bond acceptors (Lipinski definition) is 6. The normalized spacial score (nSPS) is 11.2. The standard InChI is InChI=1S/C10H8ClN5O2S/c11-7-1-3-8(4-2-7)19(17,18)10-9(13)16(6-5-12)15-14-10/h1-4H,6,13H2. The van der Waals surface area contributed by atoms with Crippen LogP contribution in [0.3, 0.4) is 0 Å². The van der Waals surface area contributed by atoms with E-state index in [2.05, 4.69) is 10.3 Å². The lowest BCUT2D eigenvalue weighted by Crippen LogP contribution is -2.08. The minimum absolute atomic E-state index is 0.00704. The molecule has 0 aliphatic heterocycles. The molecule has 19 heavy (non-hydrogen) atoms. The molecule has 0 amide bonds. The van der Waals surface area contributed by atoms with Gasteiger partial charge in [0.1, 0.15) is 6.54 Å². The van der Waals surface area contributed by atoms with Gasteiger partial charge in [-0.15, -0.1) is 5.10 Å². The highest BCUT2D eigenvalue weighted by Crippen LogP contribution is 2.24. The van der Waals surface area contributed by atoms with Crippen molar-refractivity contribution in [3.8, 4) is 6.07 Å². The highest BCUT2D eigenvalue weighted by molar-refractivity contribution is 7.91. The first-order chi connectivity index (χ1) is 8.96. The Hall–Kier alpha value is -2.11. The lowest BCUT2D eigenvalue weighted by molar-refractivity contribution is 0.592. The van der Waals surface area contributed by atoms with Crippen LogP contribution in [-0.2, 0) is 16.4 Å². The molecule has 2 N–H and O–H groups in total. The molecule has 0 fully saturated rings. The van der Waals surface area contributed by atoms with Gasteiger partial charge in [-0.2, -0.15) is 5.26 Å². The molecular weight excluding hydrogens is 290 g/mol. The first-order valence-corrected chi connectivity index (χ1v) is 6.89. The fourth-order valence-corrected chi connectivity index (χ4v) is 2.77. The first kappa shape index (κ1) is 13.3. The second-order valence-corrected chi connectivity index (χ2v) is 5.85. The van der Waals surface area contributed by atoms with Crippen LogP contribution in [0.4, 0.5) is 5.82 Å². The molecule has 0 radical (unpaired) electrons. The average molecular weight is 298 g/mol. The number of nitrogens with zero attached hydrogens (tertiary/aromatic N) is 4. The van der Waals surface area contributed by atoms with Gasteiger partial charge >= 0.3 is 0 Å². The smallest absolute Gasteiger partial charge is 0.229 e. The van der Waals surface area contributed by atoms with Crippen molar-refractivity contribution in [1.29, 1.82) is 5.26 Å². The molecule has 9 heteroatoms. The van der Waals surface area contributed by atoms with Crippen molar-refractivity contribution in [3.63, 3.8) is 0 Å². The van der Waals surface area contributed by atoms with Gasteiger partial charge in [-0.3, -0.25) is 0 Å². The molecule has 0 saturated carbocycles. The Morgan fingerprint density at radius 2 is 2.00 bits per heavy atom. The van der Waals surface area contributed by atoms with Crippen LogP contribution in [0.1, 0.15) is 0 Å². The molecular formula is C10H8ClN5O2S. The predicted molar refractivity (Wildman–Crippen MR) is 67.0 cm³/mol. The summed E-state index contributed by atoms with van der Waals surface area (Å²) in [6, 6.07) is 7.40. The molecule has 0 spiro atoms. The molecule has 2 aromatic rings. The number of halogens is 1. The molecule has 98 valence electrons. The zero-order chi connectivity index (χ0) is 14.0. The van der Waals surface area contributed by atoms with E-state index in [-0.39, 0.29) is 22.3 Å². The van der Waals surface area contributed by atoms with Crippen molar-refractivity contribution in [2.24, 2.45) is 0 Å². The van der Waals surface area contributed by atoms with Gasteiger partial charge in [-0.25, -0.2) is 13.1 Å². The Labute approximate surface area is 114 Å². The number of anilines is 1. The summed E-state index contributed by atoms with van der Waals surface area (Å²) < 4.78 is 25.5. The molecule has 1 aromatic carbocycles. The highest BCUT2D eigenvalue weighted by atomic mass is 35.5. The minimum atomic E-state index is -3.87. The summed E-state index contributed by atoms with van der Waals surface area (Å²) in [5.41, 5.74) is 5.62. The van der Waals surface area contributed by atoms with E-state index >= 15 is 0 Å². The van der Waals surface area contributed by atoms with Crippen molar-refractivity contribution in [1.82, 2.24) is 15.0 Å². The molecule has 2 rings (SSSR count). The third-order valence-electron chi connectivity index (χ3n) is 2.34. The zero-order valence-corrected chi connectivity index (χ0v) is 11.1. The highest BCUT2D eigenvalue weighted by Gasteiger charge is 2.26. The Bertz CT molecular complexity index is 745. The quantitative estimate of drug-likeness (QED) is 0.899. The Morgan fingerprint density at radius 1 is 1.37 bits per heavy atom. The first-order valence-electron chi connectivity index (χ1n) is 5.03. The second kappa shape index (κ2) is 4.87. The van der Waals surface area contributed by atoms with Gasteiger partial charge in [0.15, 0.2) is 5.82 Å². The molecule has 1 heterocycles. The Balaban J connectivity index is 2.51. The molecule has 1 aromatic heterocycles. The molecule has 0 unspecified atom stereocenters. The third-order valence-corrected chi connectivity index (χ3v) is 4.28. The number of nitrogens with two attached hydrogens (primary N) is 1. The minimum Gasteiger partial charge on any atom is -0.381 e. The molecule has 0 aliphatic carbocycles. The van der Waals surface area contributed by atoms with Crippen LogP contribution in [-0.4, -0.2) is 23.4 Å². The van der Waals surface area contributed by atoms with Crippen molar-refractivity contribution >= 4 is 27.3 Å². The number of nitrogen functional groups attached to an aromatic ring is 1. The third kappa shape index (κ3) is 2.38. The van der Waals surface area contributed by atoms with Crippen LogP contribution in [0.5, 0.6) is 0 Å². The van der Waals surface area contributed by atoms with Crippen LogP contribution in [0.2, 0.25) is 5.02 Å². The van der Waals surface area contributed by atoms with E-state index in [1.54, 1.807) is 6.07 Å². The molecule has 0 aliphatic rings. The summed E-state index contributed by atoms with van der Waals surface area (Å²) in [5.74, 6) is -0.170. The van der Waals surface area contributed by atoms with E-state index in [0.717, 1.165) is 4.68 Å². The molecule has 0 atom stereocenters. The Kier molecular flexibility index (Phi) is 3.42. The molecule has 7 nitrogen and oxygen atoms in total. The largest absolute Gasteiger partial charge is 0.381 e. The van der Waals surface area contributed by atoms with E-state index in [4.69, 9.17) is 22.6 Å². The number of benzene rings is 1. The number of hydrogen-bond donors (Lipinski definition) is 1. The summed E-state index contributed by atoms with van der Waals surface area (Å²) in [6.45, 7) is -0.172. The van der Waals surface area contributed by atoms with E-state index in [1.807, 2.05) is 0 Å². The van der Waals surface area contributed by atoms with Crippen LogP contribution in [0.25, 0.3) is 0 Å². The van der Waals surface area contributed by atoms with E-state index in [9.17, 15) is 8.42 Å². The lowest BCUT2D eigenvalue weighted by atomic mass is 10.4. The maximum absolute atomic E-state index is 12.3. The van der Waals surface area contributed by atoms with Crippen LogP contribution in [0.15, 0.2) is 34.2 Å². The summed E-state index contributed by atoms with van der Waals surface area (Å²) in [4.78, 5) is 0.00704. The summed E-state index contributed by atoms with van der Waals surface area (Å²) >= 11 is 5.70. The topological polar surface area (TPSA) is 115 Å². The van der Waals surface area contributed by atoms with Crippen molar-refractivity contribution < 1.29 is 8.42 Å². The number of sulfone groups is 1. The van der Waals surface area contributed by atoms with E-state index < -0.39 is 9.84 Å². The van der Waals surface area contributed by atoms with Crippen molar-refractivity contribution in [3.05, 3.63) is 29.3 Å². The predicted octanol–water partition coefficient (Wildman–Crippen LogP) is 0.870. The van der Waals surface area contributed by atoms with Gasteiger partial charge in [0.25, 0.3) is 0 Å². The molecule has 0 bridgehead atoms. The van der Waals surface area contributed by atoms with Gasteiger partial charge in [-0.1, -0.05) is 16.8 Å². The average Bonchev–Trinajstić information content (AvgIpc) is 2.73. The number of aromatic nitrogens is 3. The van der Waals surface area contributed by atoms with Gasteiger partial charge < -0.3 is 5.73 Å². The lowest BCUT2D eigenvalue weighted by Gasteiger charge is -2.02. The summed E-state index contributed by atoms with van der Waals surface area (Å²) in [7, 11) is -3.87.